The van der Waals surface area contributed by atoms with Gasteiger partial charge < -0.3 is 13.9 Å². The molecule has 4 aromatic heterocycles. The fourth-order valence-corrected chi connectivity index (χ4v) is 4.60. The molecule has 5 heterocycles. The summed E-state index contributed by atoms with van der Waals surface area (Å²) in [5.41, 5.74) is 2.50. The van der Waals surface area contributed by atoms with Crippen molar-refractivity contribution < 1.29 is 23.5 Å². The predicted octanol–water partition coefficient (Wildman–Crippen LogP) is 4.10. The average Bonchev–Trinajstić information content (AvgIpc) is 3.64. The number of nitrogens with one attached hydrogen (secondary N) is 1. The molecule has 0 bridgehead atoms. The molecule has 36 heavy (non-hydrogen) atoms. The van der Waals surface area contributed by atoms with E-state index in [4.69, 9.17) is 13.9 Å². The monoisotopic (exact) mass is 492 g/mol. The Hall–Kier alpha value is -3.99. The fraction of sp³-hybridized carbons (Fsp3) is 0.400. The van der Waals surface area contributed by atoms with Crippen molar-refractivity contribution in [3.63, 3.8) is 0 Å². The van der Waals surface area contributed by atoms with E-state index in [9.17, 15) is 9.59 Å². The number of aromatic amines is 1. The number of furan rings is 1. The molecule has 0 radical (unpaired) electrons. The number of hydrogen-bond donors (Lipinski definition) is 1. The Balaban J connectivity index is 1.72. The summed E-state index contributed by atoms with van der Waals surface area (Å²) in [5.74, 6) is -0.343. The molecule has 1 aliphatic heterocycles. The highest BCUT2D eigenvalue weighted by Crippen LogP contribution is 2.40. The lowest BCUT2D eigenvalue weighted by atomic mass is 9.98. The molecule has 1 N–H and O–H groups in total. The molecule has 1 fully saturated rings. The molecule has 0 saturated carbocycles. The molecule has 5 rings (SSSR count). The van der Waals surface area contributed by atoms with Gasteiger partial charge in [-0.05, 0) is 32.3 Å². The average molecular weight is 493 g/mol. The summed E-state index contributed by atoms with van der Waals surface area (Å²) in [6, 6.07) is 1.57. The number of fused-ring (bicyclic) bond motifs is 1. The molecule has 0 aliphatic carbocycles. The normalized spacial score (nSPS) is 17.9. The van der Waals surface area contributed by atoms with E-state index < -0.39 is 6.09 Å². The maximum atomic E-state index is 13.7. The highest BCUT2D eigenvalue weighted by Gasteiger charge is 2.37. The maximum Gasteiger partial charge on any atom is 0.414 e. The molecule has 11 heteroatoms. The van der Waals surface area contributed by atoms with E-state index in [2.05, 4.69) is 27.2 Å². The lowest BCUT2D eigenvalue weighted by Gasteiger charge is -2.36. The van der Waals surface area contributed by atoms with Gasteiger partial charge in [0.1, 0.15) is 5.69 Å². The van der Waals surface area contributed by atoms with Crippen LogP contribution in [0.1, 0.15) is 49.2 Å². The maximum absolute atomic E-state index is 13.7. The van der Waals surface area contributed by atoms with Crippen LogP contribution in [0.3, 0.4) is 0 Å². The zero-order valence-electron chi connectivity index (χ0n) is 20.4. The van der Waals surface area contributed by atoms with Crippen LogP contribution >= 0.6 is 0 Å². The summed E-state index contributed by atoms with van der Waals surface area (Å²) < 4.78 is 19.0. The molecular formula is C25H28N6O5. The lowest BCUT2D eigenvalue weighted by molar-refractivity contribution is 0.00468. The summed E-state index contributed by atoms with van der Waals surface area (Å²) in [7, 11) is 1.73. The SMILES string of the molecule is CCOC(=O)N(c1c(C(=O)c2cnn(C)c2)oc2cnc(-c3cn[nH]c3)cc12)[C@H]1CCO[C@@H](CC)C1. The van der Waals surface area contributed by atoms with Crippen LogP contribution in [-0.4, -0.2) is 62.2 Å². The number of ketones is 1. The van der Waals surface area contributed by atoms with E-state index in [1.54, 1.807) is 48.3 Å². The van der Waals surface area contributed by atoms with Crippen molar-refractivity contribution in [1.29, 1.82) is 0 Å². The Morgan fingerprint density at radius 1 is 1.28 bits per heavy atom. The molecule has 1 saturated heterocycles. The molecule has 0 spiro atoms. The highest BCUT2D eigenvalue weighted by atomic mass is 16.6. The van der Waals surface area contributed by atoms with Crippen LogP contribution in [0.5, 0.6) is 0 Å². The number of carbonyl (C=O) groups is 2. The van der Waals surface area contributed by atoms with Gasteiger partial charge in [-0.3, -0.25) is 24.5 Å². The number of nitrogens with zero attached hydrogens (tertiary/aromatic N) is 5. The first-order valence-electron chi connectivity index (χ1n) is 12.0. The van der Waals surface area contributed by atoms with Gasteiger partial charge in [0.05, 0.1) is 42.6 Å². The molecule has 1 amide bonds. The number of ether oxygens (including phenoxy) is 2. The molecule has 2 atom stereocenters. The first-order valence-corrected chi connectivity index (χ1v) is 12.0. The Labute approximate surface area is 207 Å². The first kappa shape index (κ1) is 23.7. The number of aryl methyl sites for hydroxylation is 1. The second kappa shape index (κ2) is 9.94. The van der Waals surface area contributed by atoms with E-state index in [1.165, 1.54) is 6.20 Å². The molecular weight excluding hydrogens is 464 g/mol. The molecule has 11 nitrogen and oxygen atoms in total. The third-order valence-electron chi connectivity index (χ3n) is 6.38. The number of amides is 1. The Bertz CT molecular complexity index is 1380. The van der Waals surface area contributed by atoms with Crippen molar-refractivity contribution >= 4 is 28.5 Å². The molecule has 0 aromatic carbocycles. The molecule has 1 aliphatic rings. The zero-order chi connectivity index (χ0) is 25.2. The van der Waals surface area contributed by atoms with Gasteiger partial charge in [0, 0.05) is 43.0 Å². The summed E-state index contributed by atoms with van der Waals surface area (Å²) in [6.07, 6.45) is 9.52. The number of H-pyrrole nitrogens is 1. The van der Waals surface area contributed by atoms with Gasteiger partial charge in [0.15, 0.2) is 11.3 Å². The Morgan fingerprint density at radius 2 is 2.14 bits per heavy atom. The predicted molar refractivity (Wildman–Crippen MR) is 131 cm³/mol. The standard InChI is InChI=1S/C25H28N6O5/c1-4-18-8-17(6-7-35-18)31(25(33)34-5-2)22-19-9-20(15-10-27-28-11-15)26-13-21(19)36-24(22)23(32)16-12-29-30(3)14-16/h9-14,17-18H,4-8H2,1-3H3,(H,27,28)/t17-,18-/m0/s1. The van der Waals surface area contributed by atoms with Gasteiger partial charge in [-0.25, -0.2) is 4.79 Å². The van der Waals surface area contributed by atoms with E-state index in [0.29, 0.717) is 47.4 Å². The van der Waals surface area contributed by atoms with E-state index in [0.717, 1.165) is 12.0 Å². The third-order valence-corrected chi connectivity index (χ3v) is 6.38. The van der Waals surface area contributed by atoms with Crippen LogP contribution in [0.15, 0.2) is 41.5 Å². The molecule has 4 aromatic rings. The minimum atomic E-state index is -0.538. The highest BCUT2D eigenvalue weighted by molar-refractivity contribution is 6.17. The zero-order valence-corrected chi connectivity index (χ0v) is 20.4. The minimum absolute atomic E-state index is 0.000487. The van der Waals surface area contributed by atoms with Crippen LogP contribution in [-0.2, 0) is 16.5 Å². The molecule has 0 unspecified atom stereocenters. The van der Waals surface area contributed by atoms with Gasteiger partial charge in [0.25, 0.3) is 0 Å². The smallest absolute Gasteiger partial charge is 0.414 e. The second-order valence-corrected chi connectivity index (χ2v) is 8.71. The molecule has 188 valence electrons. The lowest BCUT2D eigenvalue weighted by Crippen LogP contribution is -2.46. The van der Waals surface area contributed by atoms with Gasteiger partial charge in [-0.1, -0.05) is 6.92 Å². The summed E-state index contributed by atoms with van der Waals surface area (Å²) >= 11 is 0. The van der Waals surface area contributed by atoms with E-state index in [1.807, 2.05) is 6.07 Å². The number of aromatic nitrogens is 5. The van der Waals surface area contributed by atoms with Crippen molar-refractivity contribution in [2.24, 2.45) is 7.05 Å². The van der Waals surface area contributed by atoms with Crippen molar-refractivity contribution in [1.82, 2.24) is 25.0 Å². The van der Waals surface area contributed by atoms with Crippen LogP contribution in [0.25, 0.3) is 22.2 Å². The number of pyridine rings is 1. The van der Waals surface area contributed by atoms with E-state index in [-0.39, 0.29) is 30.3 Å². The van der Waals surface area contributed by atoms with Crippen molar-refractivity contribution in [3.05, 3.63) is 48.4 Å². The third kappa shape index (κ3) is 4.37. The van der Waals surface area contributed by atoms with Gasteiger partial charge in [-0.2, -0.15) is 10.2 Å². The van der Waals surface area contributed by atoms with Crippen LogP contribution in [0.2, 0.25) is 0 Å². The number of hydrogen-bond acceptors (Lipinski definition) is 8. The Kier molecular flexibility index (Phi) is 6.55. The van der Waals surface area contributed by atoms with Crippen molar-refractivity contribution in [2.45, 2.75) is 45.3 Å². The largest absolute Gasteiger partial charge is 0.449 e. The van der Waals surface area contributed by atoms with Gasteiger partial charge >= 0.3 is 6.09 Å². The van der Waals surface area contributed by atoms with Crippen LogP contribution in [0, 0.1) is 0 Å². The summed E-state index contributed by atoms with van der Waals surface area (Å²) in [4.78, 5) is 33.2. The number of rotatable bonds is 7. The quantitative estimate of drug-likeness (QED) is 0.382. The van der Waals surface area contributed by atoms with Crippen LogP contribution < -0.4 is 4.90 Å². The van der Waals surface area contributed by atoms with Crippen molar-refractivity contribution in [2.75, 3.05) is 18.1 Å². The Morgan fingerprint density at radius 3 is 2.83 bits per heavy atom. The number of carbonyl (C=O) groups excluding carboxylic acids is 2. The second-order valence-electron chi connectivity index (χ2n) is 8.71. The summed E-state index contributed by atoms with van der Waals surface area (Å²) in [6.45, 7) is 4.50. The van der Waals surface area contributed by atoms with Crippen molar-refractivity contribution in [3.8, 4) is 11.3 Å². The summed E-state index contributed by atoms with van der Waals surface area (Å²) in [5, 5.41) is 11.5. The van der Waals surface area contributed by atoms with E-state index >= 15 is 0 Å². The van der Waals surface area contributed by atoms with Gasteiger partial charge in [0.2, 0.25) is 5.78 Å². The van der Waals surface area contributed by atoms with Crippen LogP contribution in [0.4, 0.5) is 10.5 Å². The number of anilines is 1. The minimum Gasteiger partial charge on any atom is -0.449 e. The van der Waals surface area contributed by atoms with Gasteiger partial charge in [-0.15, -0.1) is 0 Å². The fourth-order valence-electron chi connectivity index (χ4n) is 4.60. The topological polar surface area (TPSA) is 128 Å². The first-order chi connectivity index (χ1) is 17.5.